The van der Waals surface area contributed by atoms with Crippen molar-refractivity contribution < 1.29 is 8.42 Å². The Balaban J connectivity index is 2.76. The maximum Gasteiger partial charge on any atom is 0.302 e. The molecule has 0 aliphatic carbocycles. The molecular weight excluding hydrogens is 242 g/mol. The summed E-state index contributed by atoms with van der Waals surface area (Å²) in [4.78, 5) is 0. The summed E-state index contributed by atoms with van der Waals surface area (Å²) in [5.41, 5.74) is 0. The lowest BCUT2D eigenvalue weighted by Crippen LogP contribution is -2.29. The van der Waals surface area contributed by atoms with Gasteiger partial charge in [-0.25, -0.2) is 0 Å². The predicted molar refractivity (Wildman–Crippen MR) is 67.0 cm³/mol. The van der Waals surface area contributed by atoms with Crippen molar-refractivity contribution in [1.29, 1.82) is 0 Å². The molecule has 1 aromatic rings. The van der Waals surface area contributed by atoms with Crippen molar-refractivity contribution in [3.05, 3.63) is 12.1 Å². The molecule has 0 spiro atoms. The van der Waals surface area contributed by atoms with E-state index in [2.05, 4.69) is 20.2 Å². The summed E-state index contributed by atoms with van der Waals surface area (Å²) >= 11 is 0. The zero-order valence-corrected chi connectivity index (χ0v) is 11.1. The van der Waals surface area contributed by atoms with Gasteiger partial charge in [0.15, 0.2) is 5.82 Å². The van der Waals surface area contributed by atoms with E-state index in [-0.39, 0.29) is 11.9 Å². The van der Waals surface area contributed by atoms with E-state index in [9.17, 15) is 8.42 Å². The van der Waals surface area contributed by atoms with Gasteiger partial charge < -0.3 is 5.32 Å². The average molecular weight is 259 g/mol. The van der Waals surface area contributed by atoms with Gasteiger partial charge in [0, 0.05) is 20.1 Å². The minimum Gasteiger partial charge on any atom is -0.366 e. The second kappa shape index (κ2) is 5.28. The first-order chi connectivity index (χ1) is 7.81. The minimum atomic E-state index is -3.53. The van der Waals surface area contributed by atoms with Gasteiger partial charge in [0.2, 0.25) is 0 Å². The van der Waals surface area contributed by atoms with Crippen molar-refractivity contribution in [2.75, 3.05) is 24.1 Å². The molecule has 0 saturated heterocycles. The summed E-state index contributed by atoms with van der Waals surface area (Å²) in [6.07, 6.45) is 0. The number of anilines is 2. The SMILES string of the molecule is CC(C)Nc1ccc(NS(=O)(=O)N(C)C)nn1. The Labute approximate surface area is 101 Å². The highest BCUT2D eigenvalue weighted by molar-refractivity contribution is 7.90. The van der Waals surface area contributed by atoms with E-state index in [1.807, 2.05) is 13.8 Å². The van der Waals surface area contributed by atoms with Crippen molar-refractivity contribution in [3.63, 3.8) is 0 Å². The van der Waals surface area contributed by atoms with E-state index in [1.165, 1.54) is 14.1 Å². The fraction of sp³-hybridized carbons (Fsp3) is 0.556. The Kier molecular flexibility index (Phi) is 4.24. The smallest absolute Gasteiger partial charge is 0.302 e. The quantitative estimate of drug-likeness (QED) is 0.804. The molecule has 0 bridgehead atoms. The third-order valence-corrected chi connectivity index (χ3v) is 3.24. The van der Waals surface area contributed by atoms with Gasteiger partial charge >= 0.3 is 10.2 Å². The van der Waals surface area contributed by atoms with E-state index in [1.54, 1.807) is 12.1 Å². The Morgan fingerprint density at radius 2 is 1.71 bits per heavy atom. The van der Waals surface area contributed by atoms with Gasteiger partial charge in [-0.15, -0.1) is 10.2 Å². The Morgan fingerprint density at radius 3 is 2.12 bits per heavy atom. The molecular formula is C9H17N5O2S. The van der Waals surface area contributed by atoms with Crippen LogP contribution in [0.4, 0.5) is 11.6 Å². The molecule has 0 aromatic carbocycles. The predicted octanol–water partition coefficient (Wildman–Crippen LogP) is 0.515. The van der Waals surface area contributed by atoms with E-state index in [0.717, 1.165) is 4.31 Å². The van der Waals surface area contributed by atoms with Crippen LogP contribution in [-0.2, 0) is 10.2 Å². The zero-order chi connectivity index (χ0) is 13.1. The number of rotatable bonds is 5. The first-order valence-electron chi connectivity index (χ1n) is 5.12. The van der Waals surface area contributed by atoms with Gasteiger partial charge in [0.25, 0.3) is 0 Å². The van der Waals surface area contributed by atoms with Crippen LogP contribution in [0.5, 0.6) is 0 Å². The van der Waals surface area contributed by atoms with Gasteiger partial charge in [-0.2, -0.15) is 12.7 Å². The van der Waals surface area contributed by atoms with Crippen LogP contribution in [0.2, 0.25) is 0 Å². The molecule has 2 N–H and O–H groups in total. The van der Waals surface area contributed by atoms with E-state index in [4.69, 9.17) is 0 Å². The molecule has 7 nitrogen and oxygen atoms in total. The van der Waals surface area contributed by atoms with Crippen LogP contribution in [0.3, 0.4) is 0 Å². The lowest BCUT2D eigenvalue weighted by atomic mass is 10.4. The van der Waals surface area contributed by atoms with Gasteiger partial charge in [-0.3, -0.25) is 4.72 Å². The maximum absolute atomic E-state index is 11.5. The summed E-state index contributed by atoms with van der Waals surface area (Å²) in [6, 6.07) is 3.47. The Morgan fingerprint density at radius 1 is 1.18 bits per heavy atom. The van der Waals surface area contributed by atoms with Gasteiger partial charge in [-0.05, 0) is 26.0 Å². The molecule has 0 amide bonds. The van der Waals surface area contributed by atoms with Crippen molar-refractivity contribution in [1.82, 2.24) is 14.5 Å². The highest BCUT2D eigenvalue weighted by Crippen LogP contribution is 2.09. The summed E-state index contributed by atoms with van der Waals surface area (Å²) < 4.78 is 26.3. The van der Waals surface area contributed by atoms with Crippen LogP contribution in [0.25, 0.3) is 0 Å². The molecule has 8 heteroatoms. The van der Waals surface area contributed by atoms with Crippen molar-refractivity contribution in [2.45, 2.75) is 19.9 Å². The number of nitrogens with one attached hydrogen (secondary N) is 2. The third kappa shape index (κ3) is 4.16. The summed E-state index contributed by atoms with van der Waals surface area (Å²) in [7, 11) is -0.657. The molecule has 0 radical (unpaired) electrons. The monoisotopic (exact) mass is 259 g/mol. The highest BCUT2D eigenvalue weighted by Gasteiger charge is 2.13. The molecule has 0 saturated carbocycles. The summed E-state index contributed by atoms with van der Waals surface area (Å²) in [5, 5.41) is 10.7. The second-order valence-electron chi connectivity index (χ2n) is 3.99. The van der Waals surface area contributed by atoms with Gasteiger partial charge in [0.05, 0.1) is 0 Å². The molecule has 0 fully saturated rings. The Hall–Kier alpha value is -1.41. The zero-order valence-electron chi connectivity index (χ0n) is 10.3. The van der Waals surface area contributed by atoms with Crippen LogP contribution >= 0.6 is 0 Å². The molecule has 0 aliphatic heterocycles. The van der Waals surface area contributed by atoms with Crippen LogP contribution in [-0.4, -0.2) is 43.1 Å². The van der Waals surface area contributed by atoms with Gasteiger partial charge in [0.1, 0.15) is 5.82 Å². The van der Waals surface area contributed by atoms with Crippen molar-refractivity contribution in [2.24, 2.45) is 0 Å². The molecule has 0 atom stereocenters. The molecule has 0 aliphatic rings. The fourth-order valence-corrected chi connectivity index (χ4v) is 1.54. The molecule has 1 rings (SSSR count). The van der Waals surface area contributed by atoms with E-state index in [0.29, 0.717) is 5.82 Å². The molecule has 1 heterocycles. The van der Waals surface area contributed by atoms with E-state index < -0.39 is 10.2 Å². The lowest BCUT2D eigenvalue weighted by molar-refractivity contribution is 0.526. The topological polar surface area (TPSA) is 87.2 Å². The van der Waals surface area contributed by atoms with E-state index >= 15 is 0 Å². The minimum absolute atomic E-state index is 0.188. The molecule has 17 heavy (non-hydrogen) atoms. The fourth-order valence-electron chi connectivity index (χ4n) is 0.983. The maximum atomic E-state index is 11.5. The summed E-state index contributed by atoms with van der Waals surface area (Å²) in [6.45, 7) is 3.95. The number of hydrogen-bond donors (Lipinski definition) is 2. The average Bonchev–Trinajstić information content (AvgIpc) is 2.19. The standard InChI is InChI=1S/C9H17N5O2S/c1-7(2)10-8-5-6-9(12-11-8)13-17(15,16)14(3)4/h5-7H,1-4H3,(H,10,11)(H,12,13). The summed E-state index contributed by atoms with van der Waals surface area (Å²) in [5.74, 6) is 0.792. The van der Waals surface area contributed by atoms with Crippen LogP contribution in [0, 0.1) is 0 Å². The molecule has 1 aromatic heterocycles. The number of nitrogens with zero attached hydrogens (tertiary/aromatic N) is 3. The van der Waals surface area contributed by atoms with Crippen molar-refractivity contribution >= 4 is 21.8 Å². The van der Waals surface area contributed by atoms with Crippen LogP contribution in [0.1, 0.15) is 13.8 Å². The first kappa shape index (κ1) is 13.7. The Bertz CT molecular complexity index is 455. The largest absolute Gasteiger partial charge is 0.366 e. The molecule has 0 unspecified atom stereocenters. The normalized spacial score (nSPS) is 11.9. The second-order valence-corrected chi connectivity index (χ2v) is 5.88. The van der Waals surface area contributed by atoms with Crippen LogP contribution < -0.4 is 10.0 Å². The third-order valence-electron chi connectivity index (χ3n) is 1.82. The number of aromatic nitrogens is 2. The lowest BCUT2D eigenvalue weighted by Gasteiger charge is -2.13. The highest BCUT2D eigenvalue weighted by atomic mass is 32.2. The first-order valence-corrected chi connectivity index (χ1v) is 6.56. The molecule has 96 valence electrons. The van der Waals surface area contributed by atoms with Gasteiger partial charge in [-0.1, -0.05) is 0 Å². The van der Waals surface area contributed by atoms with Crippen LogP contribution in [0.15, 0.2) is 12.1 Å². The number of hydrogen-bond acceptors (Lipinski definition) is 5. The van der Waals surface area contributed by atoms with Crippen molar-refractivity contribution in [3.8, 4) is 0 Å².